The fourth-order valence-corrected chi connectivity index (χ4v) is 2.83. The van der Waals surface area contributed by atoms with Crippen molar-refractivity contribution in [1.29, 1.82) is 0 Å². The number of hydrogen-bond acceptors (Lipinski definition) is 4. The lowest BCUT2D eigenvalue weighted by atomic mass is 10.2. The van der Waals surface area contributed by atoms with E-state index in [1.807, 2.05) is 36.4 Å². The van der Waals surface area contributed by atoms with Gasteiger partial charge in [0.2, 0.25) is 5.91 Å². The van der Waals surface area contributed by atoms with Crippen molar-refractivity contribution in [1.82, 2.24) is 0 Å². The van der Waals surface area contributed by atoms with E-state index in [1.54, 1.807) is 7.11 Å². The zero-order chi connectivity index (χ0) is 16.8. The number of hydrogen-bond donors (Lipinski definition) is 2. The highest BCUT2D eigenvalue weighted by Gasteiger charge is 2.11. The Bertz CT molecular complexity index is 662. The number of amides is 1. The van der Waals surface area contributed by atoms with Gasteiger partial charge in [-0.15, -0.1) is 0 Å². The predicted octanol–water partition coefficient (Wildman–Crippen LogP) is 3.35. The summed E-state index contributed by atoms with van der Waals surface area (Å²) in [6.07, 6.45) is 2.54. The van der Waals surface area contributed by atoms with Crippen molar-refractivity contribution in [3.63, 3.8) is 0 Å². The maximum atomic E-state index is 12.0. The van der Waals surface area contributed by atoms with Crippen LogP contribution < -0.4 is 20.3 Å². The summed E-state index contributed by atoms with van der Waals surface area (Å²) < 4.78 is 5.10. The van der Waals surface area contributed by atoms with E-state index < -0.39 is 0 Å². The van der Waals surface area contributed by atoms with E-state index in [4.69, 9.17) is 4.74 Å². The van der Waals surface area contributed by atoms with Crippen LogP contribution in [0.1, 0.15) is 12.8 Å². The molecule has 5 nitrogen and oxygen atoms in total. The standard InChI is InChI=1S/C19H23N3O2/c1-24-18-10-6-16(7-11-18)21-19(23)14-20-15-4-8-17(9-5-15)22-12-2-3-13-22/h4-11,20H,2-3,12-14H2,1H3,(H,21,23). The Morgan fingerprint density at radius 2 is 1.62 bits per heavy atom. The third-order valence-electron chi connectivity index (χ3n) is 4.17. The van der Waals surface area contributed by atoms with Crippen LogP contribution in [0.5, 0.6) is 5.75 Å². The number of methoxy groups -OCH3 is 1. The van der Waals surface area contributed by atoms with Crippen molar-refractivity contribution in [2.75, 3.05) is 42.3 Å². The van der Waals surface area contributed by atoms with E-state index in [1.165, 1.54) is 18.5 Å². The van der Waals surface area contributed by atoms with Crippen molar-refractivity contribution < 1.29 is 9.53 Å². The molecule has 1 heterocycles. The van der Waals surface area contributed by atoms with Gasteiger partial charge in [0.25, 0.3) is 0 Å². The molecule has 2 aromatic rings. The second-order valence-corrected chi connectivity index (χ2v) is 5.87. The fourth-order valence-electron chi connectivity index (χ4n) is 2.83. The van der Waals surface area contributed by atoms with E-state index in [2.05, 4.69) is 27.7 Å². The molecular weight excluding hydrogens is 302 g/mol. The van der Waals surface area contributed by atoms with Crippen LogP contribution in [-0.2, 0) is 4.79 Å². The molecule has 0 spiro atoms. The Labute approximate surface area is 142 Å². The summed E-state index contributed by atoms with van der Waals surface area (Å²) in [5.41, 5.74) is 2.95. The molecular formula is C19H23N3O2. The highest BCUT2D eigenvalue weighted by molar-refractivity contribution is 5.93. The van der Waals surface area contributed by atoms with Gasteiger partial charge in [-0.1, -0.05) is 0 Å². The Morgan fingerprint density at radius 1 is 1.00 bits per heavy atom. The maximum absolute atomic E-state index is 12.0. The van der Waals surface area contributed by atoms with Gasteiger partial charge in [0.05, 0.1) is 13.7 Å². The van der Waals surface area contributed by atoms with E-state index in [9.17, 15) is 4.79 Å². The predicted molar refractivity (Wildman–Crippen MR) is 98.0 cm³/mol. The summed E-state index contributed by atoms with van der Waals surface area (Å²) in [6, 6.07) is 15.5. The first-order valence-electron chi connectivity index (χ1n) is 8.27. The van der Waals surface area contributed by atoms with Crippen LogP contribution in [0.3, 0.4) is 0 Å². The summed E-state index contributed by atoms with van der Waals surface area (Å²) in [7, 11) is 1.62. The van der Waals surface area contributed by atoms with Gasteiger partial charge in [0.15, 0.2) is 0 Å². The van der Waals surface area contributed by atoms with Crippen LogP contribution in [0.25, 0.3) is 0 Å². The smallest absolute Gasteiger partial charge is 0.243 e. The lowest BCUT2D eigenvalue weighted by Gasteiger charge is -2.18. The van der Waals surface area contributed by atoms with Crippen molar-refractivity contribution >= 4 is 23.0 Å². The molecule has 5 heteroatoms. The third kappa shape index (κ3) is 4.19. The molecule has 3 rings (SSSR count). The van der Waals surface area contributed by atoms with Gasteiger partial charge in [-0.05, 0) is 61.4 Å². The van der Waals surface area contributed by atoms with E-state index in [0.29, 0.717) is 0 Å². The summed E-state index contributed by atoms with van der Waals surface area (Å²) >= 11 is 0. The highest BCUT2D eigenvalue weighted by Crippen LogP contribution is 2.22. The minimum absolute atomic E-state index is 0.0798. The quantitative estimate of drug-likeness (QED) is 0.855. The number of carbonyl (C=O) groups excluding carboxylic acids is 1. The number of anilines is 3. The molecule has 0 radical (unpaired) electrons. The van der Waals surface area contributed by atoms with Gasteiger partial charge in [0, 0.05) is 30.2 Å². The molecule has 2 aromatic carbocycles. The molecule has 1 saturated heterocycles. The van der Waals surface area contributed by atoms with Gasteiger partial charge < -0.3 is 20.3 Å². The highest BCUT2D eigenvalue weighted by atomic mass is 16.5. The zero-order valence-electron chi connectivity index (χ0n) is 13.9. The first kappa shape index (κ1) is 16.2. The molecule has 126 valence electrons. The zero-order valence-corrected chi connectivity index (χ0v) is 13.9. The lowest BCUT2D eigenvalue weighted by molar-refractivity contribution is -0.114. The molecule has 0 unspecified atom stereocenters. The lowest BCUT2D eigenvalue weighted by Crippen LogP contribution is -2.21. The summed E-state index contributed by atoms with van der Waals surface area (Å²) in [6.45, 7) is 2.50. The first-order chi connectivity index (χ1) is 11.7. The molecule has 0 atom stereocenters. The van der Waals surface area contributed by atoms with E-state index >= 15 is 0 Å². The third-order valence-corrected chi connectivity index (χ3v) is 4.17. The van der Waals surface area contributed by atoms with Gasteiger partial charge in [0.1, 0.15) is 5.75 Å². The Kier molecular flexibility index (Phi) is 5.21. The molecule has 0 aliphatic carbocycles. The minimum Gasteiger partial charge on any atom is -0.497 e. The van der Waals surface area contributed by atoms with Crippen molar-refractivity contribution in [2.24, 2.45) is 0 Å². The molecule has 0 bridgehead atoms. The molecule has 1 aliphatic rings. The minimum atomic E-state index is -0.0798. The molecule has 1 fully saturated rings. The Balaban J connectivity index is 1.48. The van der Waals surface area contributed by atoms with Gasteiger partial charge >= 0.3 is 0 Å². The first-order valence-corrected chi connectivity index (χ1v) is 8.27. The normalized spacial score (nSPS) is 13.6. The van der Waals surface area contributed by atoms with Crippen LogP contribution in [0.2, 0.25) is 0 Å². The second-order valence-electron chi connectivity index (χ2n) is 5.87. The summed E-state index contributed by atoms with van der Waals surface area (Å²) in [5.74, 6) is 0.688. The average Bonchev–Trinajstić information content (AvgIpc) is 3.16. The average molecular weight is 325 g/mol. The number of nitrogens with zero attached hydrogens (tertiary/aromatic N) is 1. The number of rotatable bonds is 6. The Hall–Kier alpha value is -2.69. The Morgan fingerprint density at radius 3 is 2.25 bits per heavy atom. The number of carbonyl (C=O) groups is 1. The second kappa shape index (κ2) is 7.73. The molecule has 0 saturated carbocycles. The van der Waals surface area contributed by atoms with Gasteiger partial charge in [-0.25, -0.2) is 0 Å². The fraction of sp³-hybridized carbons (Fsp3) is 0.316. The van der Waals surface area contributed by atoms with Crippen molar-refractivity contribution in [3.05, 3.63) is 48.5 Å². The van der Waals surface area contributed by atoms with Crippen LogP contribution in [-0.4, -0.2) is 32.7 Å². The monoisotopic (exact) mass is 325 g/mol. The molecule has 1 amide bonds. The van der Waals surface area contributed by atoms with Crippen molar-refractivity contribution in [2.45, 2.75) is 12.8 Å². The van der Waals surface area contributed by atoms with Crippen LogP contribution in [0.4, 0.5) is 17.1 Å². The molecule has 2 N–H and O–H groups in total. The van der Waals surface area contributed by atoms with Gasteiger partial charge in [-0.3, -0.25) is 4.79 Å². The topological polar surface area (TPSA) is 53.6 Å². The SMILES string of the molecule is COc1ccc(NC(=O)CNc2ccc(N3CCCC3)cc2)cc1. The number of ether oxygens (including phenoxy) is 1. The molecule has 0 aromatic heterocycles. The molecule has 24 heavy (non-hydrogen) atoms. The summed E-state index contributed by atoms with van der Waals surface area (Å²) in [5, 5.41) is 6.00. The van der Waals surface area contributed by atoms with Crippen LogP contribution in [0.15, 0.2) is 48.5 Å². The number of nitrogens with one attached hydrogen (secondary N) is 2. The molecule has 1 aliphatic heterocycles. The van der Waals surface area contributed by atoms with E-state index in [0.717, 1.165) is 30.2 Å². The van der Waals surface area contributed by atoms with Crippen molar-refractivity contribution in [3.8, 4) is 5.75 Å². The van der Waals surface area contributed by atoms with E-state index in [-0.39, 0.29) is 12.5 Å². The largest absolute Gasteiger partial charge is 0.497 e. The summed E-state index contributed by atoms with van der Waals surface area (Å²) in [4.78, 5) is 14.4. The van der Waals surface area contributed by atoms with Crippen LogP contribution >= 0.6 is 0 Å². The number of benzene rings is 2. The maximum Gasteiger partial charge on any atom is 0.243 e. The van der Waals surface area contributed by atoms with Gasteiger partial charge in [-0.2, -0.15) is 0 Å². The van der Waals surface area contributed by atoms with Crippen LogP contribution in [0, 0.1) is 0 Å².